The van der Waals surface area contributed by atoms with Crippen LogP contribution < -0.4 is 0 Å². The minimum absolute atomic E-state index is 0.210. The summed E-state index contributed by atoms with van der Waals surface area (Å²) in [6.45, 7) is 4.06. The van der Waals surface area contributed by atoms with E-state index < -0.39 is 11.6 Å². The highest BCUT2D eigenvalue weighted by Crippen LogP contribution is 2.46. The van der Waals surface area contributed by atoms with Crippen molar-refractivity contribution >= 4 is 5.97 Å². The number of carbonyl (C=O) groups excluding carboxylic acids is 1. The zero-order valence-electron chi connectivity index (χ0n) is 15.7. The number of carbonyl (C=O) groups is 1. The van der Waals surface area contributed by atoms with Crippen LogP contribution in [0.4, 0.5) is 8.78 Å². The van der Waals surface area contributed by atoms with Gasteiger partial charge in [0.05, 0.1) is 25.2 Å². The minimum atomic E-state index is -0.595. The molecule has 148 valence electrons. The monoisotopic (exact) mass is 379 g/mol. The van der Waals surface area contributed by atoms with E-state index in [9.17, 15) is 13.6 Å². The summed E-state index contributed by atoms with van der Waals surface area (Å²) < 4.78 is 39.0. The lowest BCUT2D eigenvalue weighted by Crippen LogP contribution is -2.43. The normalized spacial score (nSPS) is 32.9. The van der Waals surface area contributed by atoms with E-state index in [2.05, 4.69) is 4.90 Å². The van der Waals surface area contributed by atoms with Crippen LogP contribution in [0.5, 0.6) is 0 Å². The zero-order chi connectivity index (χ0) is 19.0. The lowest BCUT2D eigenvalue weighted by atomic mass is 9.88. The fourth-order valence-electron chi connectivity index (χ4n) is 4.99. The Balaban J connectivity index is 1.54. The van der Waals surface area contributed by atoms with Gasteiger partial charge in [0, 0.05) is 30.6 Å². The Bertz CT molecular complexity index is 698. The average molecular weight is 379 g/mol. The molecule has 4 nitrogen and oxygen atoms in total. The Hall–Kier alpha value is -1.53. The number of nitrogens with zero attached hydrogens (tertiary/aromatic N) is 1. The molecule has 2 heterocycles. The van der Waals surface area contributed by atoms with Crippen LogP contribution in [0.1, 0.15) is 50.5 Å². The molecule has 6 heteroatoms. The molecule has 2 unspecified atom stereocenters. The van der Waals surface area contributed by atoms with Crippen LogP contribution in [-0.2, 0) is 14.3 Å². The van der Waals surface area contributed by atoms with Crippen molar-refractivity contribution in [3.05, 3.63) is 35.4 Å². The molecule has 0 aromatic heterocycles. The van der Waals surface area contributed by atoms with Crippen molar-refractivity contribution in [3.63, 3.8) is 0 Å². The predicted octanol–water partition coefficient (Wildman–Crippen LogP) is 3.64. The number of unbranched alkanes of at least 4 members (excludes halogenated alkanes) is 1. The molecular weight excluding hydrogens is 352 g/mol. The SMILES string of the molecule is CCCCOC(=O)[C@@H]1CC(N2C[C@@H]3CC2CO3)C[C@H]1c1ccc(F)cc1F. The van der Waals surface area contributed by atoms with Gasteiger partial charge < -0.3 is 9.47 Å². The van der Waals surface area contributed by atoms with Gasteiger partial charge in [0.1, 0.15) is 11.6 Å². The third-order valence-corrected chi connectivity index (χ3v) is 6.36. The van der Waals surface area contributed by atoms with Crippen LogP contribution >= 0.6 is 0 Å². The number of likely N-dealkylation sites (tertiary alicyclic amines) is 1. The summed E-state index contributed by atoms with van der Waals surface area (Å²) in [5.41, 5.74) is 0.428. The van der Waals surface area contributed by atoms with E-state index in [0.717, 1.165) is 38.5 Å². The molecule has 2 bridgehead atoms. The molecule has 3 aliphatic rings. The van der Waals surface area contributed by atoms with Gasteiger partial charge in [0.15, 0.2) is 0 Å². The molecule has 0 amide bonds. The fraction of sp³-hybridized carbons (Fsp3) is 0.667. The van der Waals surface area contributed by atoms with Crippen LogP contribution in [0.3, 0.4) is 0 Å². The molecule has 1 aliphatic carbocycles. The maximum absolute atomic E-state index is 14.5. The van der Waals surface area contributed by atoms with Gasteiger partial charge >= 0.3 is 5.97 Å². The van der Waals surface area contributed by atoms with Crippen LogP contribution in [0.15, 0.2) is 18.2 Å². The molecule has 0 radical (unpaired) electrons. The molecular formula is C21H27F2NO3. The molecule has 0 N–H and O–H groups in total. The Labute approximate surface area is 158 Å². The summed E-state index contributed by atoms with van der Waals surface area (Å²) in [4.78, 5) is 15.2. The summed E-state index contributed by atoms with van der Waals surface area (Å²) in [6, 6.07) is 4.28. The number of hydrogen-bond acceptors (Lipinski definition) is 4. The Morgan fingerprint density at radius 1 is 1.26 bits per heavy atom. The van der Waals surface area contributed by atoms with E-state index in [0.29, 0.717) is 31.1 Å². The van der Waals surface area contributed by atoms with E-state index in [1.807, 2.05) is 6.92 Å². The summed E-state index contributed by atoms with van der Waals surface area (Å²) in [5, 5.41) is 0. The van der Waals surface area contributed by atoms with Crippen LogP contribution in [0.25, 0.3) is 0 Å². The van der Waals surface area contributed by atoms with Gasteiger partial charge in [-0.05, 0) is 37.3 Å². The summed E-state index contributed by atoms with van der Waals surface area (Å²) in [7, 11) is 0. The first-order valence-electron chi connectivity index (χ1n) is 10.1. The van der Waals surface area contributed by atoms with E-state index in [-0.39, 0.29) is 30.0 Å². The van der Waals surface area contributed by atoms with Crippen molar-refractivity contribution in [2.45, 2.75) is 63.1 Å². The van der Waals surface area contributed by atoms with E-state index >= 15 is 0 Å². The Kier molecular flexibility index (Phi) is 5.46. The van der Waals surface area contributed by atoms with Crippen molar-refractivity contribution < 1.29 is 23.0 Å². The van der Waals surface area contributed by atoms with Crippen molar-refractivity contribution in [2.24, 2.45) is 5.92 Å². The van der Waals surface area contributed by atoms with Crippen molar-refractivity contribution in [2.75, 3.05) is 19.8 Å². The minimum Gasteiger partial charge on any atom is -0.465 e. The standard InChI is InChI=1S/C21H27F2NO3/c1-2-3-6-26-21(25)19-10-14(24-11-16-8-15(24)12-27-16)9-18(19)17-5-4-13(22)7-20(17)23/h4-5,7,14-16,18-19H,2-3,6,8-12H2,1H3/t14?,15?,16-,18-,19+/m0/s1. The first kappa shape index (κ1) is 18.8. The lowest BCUT2D eigenvalue weighted by Gasteiger charge is -2.32. The second-order valence-corrected chi connectivity index (χ2v) is 8.07. The van der Waals surface area contributed by atoms with Gasteiger partial charge in [-0.15, -0.1) is 0 Å². The maximum atomic E-state index is 14.5. The third-order valence-electron chi connectivity index (χ3n) is 6.36. The first-order valence-corrected chi connectivity index (χ1v) is 10.1. The van der Waals surface area contributed by atoms with Gasteiger partial charge in [0.2, 0.25) is 0 Å². The molecule has 1 aromatic rings. The van der Waals surface area contributed by atoms with Crippen LogP contribution in [-0.4, -0.2) is 48.8 Å². The van der Waals surface area contributed by atoms with E-state index in [1.54, 1.807) is 0 Å². The van der Waals surface area contributed by atoms with Gasteiger partial charge in [0.25, 0.3) is 0 Å². The first-order chi connectivity index (χ1) is 13.1. The highest BCUT2D eigenvalue weighted by molar-refractivity contribution is 5.74. The number of halogens is 2. The molecule has 0 spiro atoms. The highest BCUT2D eigenvalue weighted by Gasteiger charge is 2.49. The highest BCUT2D eigenvalue weighted by atomic mass is 19.1. The largest absolute Gasteiger partial charge is 0.465 e. The number of esters is 1. The summed E-state index contributed by atoms with van der Waals surface area (Å²) >= 11 is 0. The van der Waals surface area contributed by atoms with E-state index in [1.165, 1.54) is 12.1 Å². The number of ether oxygens (including phenoxy) is 2. The number of fused-ring (bicyclic) bond motifs is 2. The average Bonchev–Trinajstić information content (AvgIpc) is 3.37. The third kappa shape index (κ3) is 3.74. The molecule has 1 aromatic carbocycles. The van der Waals surface area contributed by atoms with Crippen molar-refractivity contribution in [3.8, 4) is 0 Å². The molecule has 1 saturated carbocycles. The van der Waals surface area contributed by atoms with Crippen LogP contribution in [0, 0.1) is 17.6 Å². The van der Waals surface area contributed by atoms with Crippen molar-refractivity contribution in [1.82, 2.24) is 4.90 Å². The maximum Gasteiger partial charge on any atom is 0.309 e. The van der Waals surface area contributed by atoms with Gasteiger partial charge in [-0.2, -0.15) is 0 Å². The topological polar surface area (TPSA) is 38.8 Å². The summed E-state index contributed by atoms with van der Waals surface area (Å²) in [6.07, 6.45) is 4.46. The summed E-state index contributed by atoms with van der Waals surface area (Å²) in [5.74, 6) is -2.07. The Morgan fingerprint density at radius 3 is 2.78 bits per heavy atom. The van der Waals surface area contributed by atoms with Gasteiger partial charge in [-0.25, -0.2) is 8.78 Å². The van der Waals surface area contributed by atoms with Gasteiger partial charge in [-0.1, -0.05) is 19.4 Å². The number of hydrogen-bond donors (Lipinski definition) is 0. The molecule has 2 aliphatic heterocycles. The number of benzene rings is 1. The molecule has 5 atom stereocenters. The van der Waals surface area contributed by atoms with E-state index in [4.69, 9.17) is 9.47 Å². The number of morpholine rings is 1. The fourth-order valence-corrected chi connectivity index (χ4v) is 4.99. The Morgan fingerprint density at radius 2 is 2.11 bits per heavy atom. The molecule has 2 saturated heterocycles. The molecule has 4 rings (SSSR count). The lowest BCUT2D eigenvalue weighted by molar-refractivity contribution is -0.149. The molecule has 3 fully saturated rings. The molecule has 27 heavy (non-hydrogen) atoms. The number of rotatable bonds is 6. The smallest absolute Gasteiger partial charge is 0.309 e. The van der Waals surface area contributed by atoms with Crippen LogP contribution in [0.2, 0.25) is 0 Å². The zero-order valence-corrected chi connectivity index (χ0v) is 15.7. The quantitative estimate of drug-likeness (QED) is 0.559. The predicted molar refractivity (Wildman–Crippen MR) is 96.3 cm³/mol. The second-order valence-electron chi connectivity index (χ2n) is 8.07. The second kappa shape index (κ2) is 7.84. The van der Waals surface area contributed by atoms with Crippen molar-refractivity contribution in [1.29, 1.82) is 0 Å². The van der Waals surface area contributed by atoms with Gasteiger partial charge in [-0.3, -0.25) is 9.69 Å².